The molecule has 0 atom stereocenters. The normalized spacial score (nSPS) is 10.9. The highest BCUT2D eigenvalue weighted by atomic mass is 127. The molecule has 750 valence electrons. The number of thiazole rings is 8. The van der Waals surface area contributed by atoms with Gasteiger partial charge in [0.1, 0.15) is 91.9 Å². The number of nitrogens with zero attached hydrogens (tertiary/aromatic N) is 8. The molecule has 149 heavy (non-hydrogen) atoms. The van der Waals surface area contributed by atoms with E-state index in [0.29, 0.717) is 30.2 Å². The number of methoxy groups -OCH3 is 1. The molecule has 0 amide bonds. The van der Waals surface area contributed by atoms with Gasteiger partial charge in [0, 0.05) is 112 Å². The number of ether oxygens (including phenoxy) is 1. The van der Waals surface area contributed by atoms with Gasteiger partial charge in [-0.1, -0.05) is 0 Å². The van der Waals surface area contributed by atoms with Crippen LogP contribution in [0.5, 0.6) is 46.0 Å². The molecule has 38 heteroatoms. The Morgan fingerprint density at radius 3 is 0.872 bits per heavy atom. The number of aromatic hydroxyl groups is 7. The summed E-state index contributed by atoms with van der Waals surface area (Å²) in [5.74, 6) is 2.44. The van der Waals surface area contributed by atoms with Gasteiger partial charge in [-0.2, -0.15) is 0 Å². The van der Waals surface area contributed by atoms with E-state index >= 15 is 0 Å². The molecule has 0 fully saturated rings. The summed E-state index contributed by atoms with van der Waals surface area (Å²) in [5.41, 5.74) is 45.3. The van der Waals surface area contributed by atoms with Crippen molar-refractivity contribution in [3.63, 3.8) is 0 Å². The average molecular weight is 2580 g/mol. The fourth-order valence-corrected chi connectivity index (χ4v) is 25.7. The molecule has 24 aromatic rings. The lowest BCUT2D eigenvalue weighted by Gasteiger charge is -2.05. The van der Waals surface area contributed by atoms with Crippen molar-refractivity contribution >= 4 is 308 Å². The lowest BCUT2D eigenvalue weighted by Crippen LogP contribution is -2.01. The van der Waals surface area contributed by atoms with Gasteiger partial charge < -0.3 is 84.7 Å². The molecular formula is C111H88F2I4N16O8S8. The summed E-state index contributed by atoms with van der Waals surface area (Å²) in [6.07, 6.45) is 0.517. The number of anilines is 8. The Balaban J connectivity index is 0.000000116. The van der Waals surface area contributed by atoms with Gasteiger partial charge in [-0.15, -0.1) is 90.7 Å². The second-order valence-electron chi connectivity index (χ2n) is 32.6. The Hall–Kier alpha value is -13.8. The van der Waals surface area contributed by atoms with Crippen LogP contribution in [0.3, 0.4) is 0 Å². The third-order valence-electron chi connectivity index (χ3n) is 22.4. The molecule has 16 aromatic carbocycles. The maximum atomic E-state index is 13.7. The number of benzene rings is 16. The van der Waals surface area contributed by atoms with Gasteiger partial charge in [0.2, 0.25) is 0 Å². The molecule has 0 spiro atoms. The van der Waals surface area contributed by atoms with Crippen molar-refractivity contribution in [3.8, 4) is 131 Å². The van der Waals surface area contributed by atoms with E-state index in [2.05, 4.69) is 164 Å². The van der Waals surface area contributed by atoms with Crippen LogP contribution in [-0.4, -0.2) is 117 Å². The molecule has 0 aliphatic carbocycles. The lowest BCUT2D eigenvalue weighted by molar-refractivity contribution is 0.415. The summed E-state index contributed by atoms with van der Waals surface area (Å²) < 4.78 is 42.9. The van der Waals surface area contributed by atoms with E-state index in [4.69, 9.17) is 27.7 Å². The number of phenols is 7. The Morgan fingerprint density at radius 1 is 0.289 bits per heavy atom. The van der Waals surface area contributed by atoms with E-state index in [1.165, 1.54) is 17.4 Å². The molecule has 8 heterocycles. The zero-order valence-corrected chi connectivity index (χ0v) is 94.2. The van der Waals surface area contributed by atoms with Crippen molar-refractivity contribution in [2.24, 2.45) is 0 Å². The van der Waals surface area contributed by atoms with Gasteiger partial charge in [0.15, 0.2) is 0 Å². The molecule has 24 nitrogen and oxygen atoms in total. The molecule has 0 aliphatic heterocycles. The summed E-state index contributed by atoms with van der Waals surface area (Å²) in [4.78, 5) is 36.5. The van der Waals surface area contributed by atoms with Crippen molar-refractivity contribution in [2.75, 3.05) is 85.7 Å². The first-order chi connectivity index (χ1) is 72.1. The molecule has 0 unspecified atom stereocenters. The number of nitrogens with two attached hydrogens (primary N) is 4. The fourth-order valence-electron chi connectivity index (χ4n) is 14.5. The fraction of sp³-hybridized carbons (Fsp3) is 0.0631. The second kappa shape index (κ2) is 49.1. The Kier molecular flexibility index (Phi) is 35.1. The van der Waals surface area contributed by atoms with Crippen molar-refractivity contribution < 1.29 is 49.3 Å². The summed E-state index contributed by atoms with van der Waals surface area (Å²) in [6, 6.07) is 94.9. The highest BCUT2D eigenvalue weighted by Crippen LogP contribution is 2.45. The van der Waals surface area contributed by atoms with Crippen molar-refractivity contribution in [1.29, 1.82) is 0 Å². The monoisotopic (exact) mass is 2570 g/mol. The van der Waals surface area contributed by atoms with Crippen LogP contribution >= 0.6 is 181 Å². The van der Waals surface area contributed by atoms with Crippen LogP contribution in [0.2, 0.25) is 0 Å². The van der Waals surface area contributed by atoms with Gasteiger partial charge >= 0.3 is 0 Å². The van der Waals surface area contributed by atoms with Gasteiger partial charge in [-0.05, 0) is 406 Å². The number of nitrogen functional groups attached to an aromatic ring is 4. The topological polar surface area (TPSA) is 406 Å². The van der Waals surface area contributed by atoms with Crippen LogP contribution in [0.1, 0.15) is 6.42 Å². The number of aromatic nitrogens is 8. The van der Waals surface area contributed by atoms with Crippen LogP contribution < -0.4 is 48.9 Å². The lowest BCUT2D eigenvalue weighted by atomic mass is 10.2. The maximum Gasteiger partial charge on any atom is 0.146 e. The number of fused-ring (bicyclic) bond motifs is 8. The summed E-state index contributed by atoms with van der Waals surface area (Å²) in [5, 5.41) is 86.0. The minimum atomic E-state index is -0.304. The predicted octanol–water partition coefficient (Wildman–Crippen LogP) is 31.4. The number of hydrogen-bond acceptors (Lipinski definition) is 32. The third-order valence-corrected chi connectivity index (χ3v) is 37.2. The van der Waals surface area contributed by atoms with Gasteiger partial charge in [-0.3, -0.25) is 4.39 Å². The quantitative estimate of drug-likeness (QED) is 0.0243. The summed E-state index contributed by atoms with van der Waals surface area (Å²) in [7, 11) is 7.14. The molecule has 0 radical (unpaired) electrons. The van der Waals surface area contributed by atoms with E-state index in [1.54, 1.807) is 178 Å². The Bertz CT molecular complexity index is 8580. The standard InChI is InChI=1S/C16H15FN2OS.C14H11FN2OS.2C14H11IN2OS.C14H12N2OS.2C13H9IN2OS.C13H10N2OS/c17-8-1-9-18-12-4-2-11(3-5-12)16-19-14-7-6-13(20)10-15(14)21-16;1-16-11-4-2-8(6-10(11)15)14-17-12-5-3-9(18)7-13(12)19-14;1-16-9-4-2-8(3-5-9)14-17-10-6-7-11(18)12(15)13(10)19-14;1-18-9-4-2-8(3-5-9)14-17-11-7-6-10(16)12(15)13(11)19-14;1-15-10-4-2-9(3-5-10)14-16-12-7-6-11(17)8-13(12)18-14;14-11-10(17)6-5-9-12(11)18-13(16-9)7-1-3-8(15)4-2-7;14-11-9(15)5-6-10-12(11)18-13(16-10)7-1-3-8(17)4-2-7;14-9-3-1-8(2-4-9)13-15-11-6-5-10(16)7-12(11)17-13/h2-7,10,18,20H,1,8-9H2;2*2-7,16,18H,1H3;2-7H,16H2,1H3;2-8,15,17H,1H3;2*1-6,17H,15H2;1-7,16H,14H2. The minimum Gasteiger partial charge on any atom is -0.508 e. The van der Waals surface area contributed by atoms with E-state index in [-0.39, 0.29) is 41.2 Å². The second-order valence-corrected chi connectivity index (χ2v) is 45.0. The molecule has 0 saturated heterocycles. The van der Waals surface area contributed by atoms with Crippen LogP contribution in [-0.2, 0) is 0 Å². The minimum absolute atomic E-state index is 0.208. The number of rotatable bonds is 16. The van der Waals surface area contributed by atoms with Crippen molar-refractivity contribution in [2.45, 2.75) is 6.42 Å². The van der Waals surface area contributed by atoms with E-state index < -0.39 is 0 Å². The summed E-state index contributed by atoms with van der Waals surface area (Å²) >= 11 is 21.4. The number of alkyl halides is 1. The molecule has 0 aliphatic rings. The average Bonchev–Trinajstić information content (AvgIpc) is 1.65. The molecule has 8 aromatic heterocycles. The van der Waals surface area contributed by atoms with E-state index in [1.807, 2.05) is 220 Å². The zero-order valence-electron chi connectivity index (χ0n) is 79.0. The third kappa shape index (κ3) is 26.4. The maximum absolute atomic E-state index is 13.7. The zero-order chi connectivity index (χ0) is 105. The van der Waals surface area contributed by atoms with E-state index in [0.717, 1.165) is 226 Å². The first-order valence-corrected chi connectivity index (χ1v) is 56.2. The summed E-state index contributed by atoms with van der Waals surface area (Å²) in [6.45, 7) is 0.333. The Labute approximate surface area is 939 Å². The molecule has 0 bridgehead atoms. The first kappa shape index (κ1) is 107. The smallest absolute Gasteiger partial charge is 0.146 e. The number of hydrogen-bond donors (Lipinski definition) is 15. The molecule has 0 saturated carbocycles. The van der Waals surface area contributed by atoms with Crippen LogP contribution in [0.4, 0.5) is 54.3 Å². The number of nitrogens with one attached hydrogen (secondary N) is 4. The van der Waals surface area contributed by atoms with Crippen molar-refractivity contribution in [3.05, 3.63) is 329 Å². The predicted molar refractivity (Wildman–Crippen MR) is 655 cm³/mol. The largest absolute Gasteiger partial charge is 0.508 e. The highest BCUT2D eigenvalue weighted by Gasteiger charge is 2.20. The number of halogens is 6. The Morgan fingerprint density at radius 2 is 0.557 bits per heavy atom. The molecular weight excluding hydrogens is 2490 g/mol. The molecule has 24 rings (SSSR count). The molecule has 19 N–H and O–H groups in total. The first-order valence-electron chi connectivity index (χ1n) is 45.3. The van der Waals surface area contributed by atoms with E-state index in [9.17, 15) is 44.5 Å². The van der Waals surface area contributed by atoms with Crippen LogP contribution in [0.25, 0.3) is 166 Å². The van der Waals surface area contributed by atoms with Gasteiger partial charge in [-0.25, -0.2) is 44.3 Å². The van der Waals surface area contributed by atoms with Gasteiger partial charge in [0.05, 0.1) is 115 Å². The van der Waals surface area contributed by atoms with Crippen LogP contribution in [0, 0.1) is 20.1 Å². The van der Waals surface area contributed by atoms with Crippen molar-refractivity contribution in [1.82, 2.24) is 39.9 Å². The number of phenolic OH excluding ortho intramolecular Hbond substituents is 7. The van der Waals surface area contributed by atoms with Gasteiger partial charge in [0.25, 0.3) is 0 Å². The SMILES string of the molecule is CNc1ccc(-c2nc3ccc(O)c(I)c3s2)cc1.CNc1ccc(-c2nc3ccc(O)cc3s2)cc1.CNc1ccc(-c2nc3ccc(O)cc3s2)cc1F.COc1ccc(-c2nc3ccc(N)c(I)c3s2)cc1.Nc1ccc(-c2nc3ccc(O)c(I)c3s2)cc1.Nc1ccc(-c2nc3ccc(O)cc3s2)cc1.Nc1ccc2nc(-c3ccc(O)cc3)sc2c1I.Oc1ccc2nc(-c3ccc(NCCCF)cc3)sc2c1. The van der Waals surface area contributed by atoms with Crippen LogP contribution in [0.15, 0.2) is 309 Å². The highest BCUT2D eigenvalue weighted by molar-refractivity contribution is 14.1.